The summed E-state index contributed by atoms with van der Waals surface area (Å²) in [7, 11) is 0. The lowest BCUT2D eigenvalue weighted by molar-refractivity contribution is -0.141. The second-order valence-corrected chi connectivity index (χ2v) is 6.50. The van der Waals surface area contributed by atoms with Crippen molar-refractivity contribution in [2.75, 3.05) is 17.2 Å². The maximum Gasteiger partial charge on any atom is 0.433 e. The first kappa shape index (κ1) is 20.4. The Morgan fingerprint density at radius 3 is 2.45 bits per heavy atom. The molecule has 3 rings (SSSR count). The van der Waals surface area contributed by atoms with Crippen LogP contribution in [0.3, 0.4) is 0 Å². The molecule has 0 aliphatic heterocycles. The van der Waals surface area contributed by atoms with E-state index >= 15 is 0 Å². The van der Waals surface area contributed by atoms with Crippen LogP contribution in [0.5, 0.6) is 0 Å². The number of rotatable bonds is 6. The Hall–Kier alpha value is -3.37. The summed E-state index contributed by atoms with van der Waals surface area (Å²) >= 11 is 0. The van der Waals surface area contributed by atoms with Gasteiger partial charge in [0.05, 0.1) is 18.1 Å². The topological polar surface area (TPSA) is 88.5 Å². The SMILES string of the molecule is CC(C)CNc1nc(Nc2cncc(F)c2)nc(-c2cccc(C(F)(F)F)n2)n1. The highest BCUT2D eigenvalue weighted by Crippen LogP contribution is 2.29. The van der Waals surface area contributed by atoms with Crippen LogP contribution in [0.2, 0.25) is 0 Å². The Balaban J connectivity index is 2.00. The zero-order chi connectivity index (χ0) is 21.0. The van der Waals surface area contributed by atoms with E-state index in [4.69, 9.17) is 0 Å². The summed E-state index contributed by atoms with van der Waals surface area (Å²) in [6.07, 6.45) is -2.21. The molecule has 3 heterocycles. The van der Waals surface area contributed by atoms with Gasteiger partial charge in [0.1, 0.15) is 17.2 Å². The van der Waals surface area contributed by atoms with Crippen molar-refractivity contribution in [2.45, 2.75) is 20.0 Å². The smallest absolute Gasteiger partial charge is 0.354 e. The number of anilines is 3. The first-order chi connectivity index (χ1) is 13.7. The summed E-state index contributed by atoms with van der Waals surface area (Å²) in [5.74, 6) is -0.209. The minimum absolute atomic E-state index is 0.00729. The first-order valence-corrected chi connectivity index (χ1v) is 8.63. The van der Waals surface area contributed by atoms with Crippen LogP contribution in [0.1, 0.15) is 19.5 Å². The molecule has 0 amide bonds. The van der Waals surface area contributed by atoms with Gasteiger partial charge in [-0.1, -0.05) is 19.9 Å². The monoisotopic (exact) mass is 407 g/mol. The van der Waals surface area contributed by atoms with Crippen molar-refractivity contribution in [3.8, 4) is 11.5 Å². The molecule has 3 aromatic heterocycles. The van der Waals surface area contributed by atoms with Gasteiger partial charge in [-0.3, -0.25) is 4.98 Å². The molecule has 0 unspecified atom stereocenters. The second-order valence-electron chi connectivity index (χ2n) is 6.50. The molecule has 3 aromatic rings. The third-order valence-electron chi connectivity index (χ3n) is 3.53. The van der Waals surface area contributed by atoms with E-state index < -0.39 is 17.7 Å². The van der Waals surface area contributed by atoms with Gasteiger partial charge in [-0.2, -0.15) is 28.1 Å². The number of hydrogen-bond donors (Lipinski definition) is 2. The molecule has 0 fully saturated rings. The Morgan fingerprint density at radius 2 is 1.76 bits per heavy atom. The van der Waals surface area contributed by atoms with Gasteiger partial charge in [0, 0.05) is 12.6 Å². The molecule has 0 atom stereocenters. The molecule has 0 bridgehead atoms. The van der Waals surface area contributed by atoms with Crippen molar-refractivity contribution in [1.29, 1.82) is 0 Å². The van der Waals surface area contributed by atoms with Crippen molar-refractivity contribution in [3.05, 3.63) is 48.2 Å². The minimum Gasteiger partial charge on any atom is -0.354 e. The number of nitrogens with zero attached hydrogens (tertiary/aromatic N) is 5. The number of nitrogens with one attached hydrogen (secondary N) is 2. The van der Waals surface area contributed by atoms with E-state index in [-0.39, 0.29) is 35.0 Å². The van der Waals surface area contributed by atoms with E-state index in [0.29, 0.717) is 6.54 Å². The lowest BCUT2D eigenvalue weighted by atomic mass is 10.2. The molecule has 0 aromatic carbocycles. The van der Waals surface area contributed by atoms with Gasteiger partial charge in [0.25, 0.3) is 0 Å². The molecule has 0 saturated heterocycles. The van der Waals surface area contributed by atoms with Crippen molar-refractivity contribution < 1.29 is 17.6 Å². The van der Waals surface area contributed by atoms with Crippen LogP contribution in [0.25, 0.3) is 11.5 Å². The molecule has 11 heteroatoms. The highest BCUT2D eigenvalue weighted by atomic mass is 19.4. The highest BCUT2D eigenvalue weighted by molar-refractivity contribution is 5.58. The molecule has 152 valence electrons. The number of hydrogen-bond acceptors (Lipinski definition) is 7. The summed E-state index contributed by atoms with van der Waals surface area (Å²) in [4.78, 5) is 19.8. The van der Waals surface area contributed by atoms with Crippen LogP contribution in [-0.4, -0.2) is 31.5 Å². The third kappa shape index (κ3) is 5.56. The molecule has 29 heavy (non-hydrogen) atoms. The van der Waals surface area contributed by atoms with Crippen molar-refractivity contribution >= 4 is 17.6 Å². The van der Waals surface area contributed by atoms with E-state index in [2.05, 4.69) is 35.6 Å². The lowest BCUT2D eigenvalue weighted by Gasteiger charge is -2.12. The first-order valence-electron chi connectivity index (χ1n) is 8.63. The number of alkyl halides is 3. The fourth-order valence-corrected chi connectivity index (χ4v) is 2.25. The van der Waals surface area contributed by atoms with E-state index in [0.717, 1.165) is 12.3 Å². The van der Waals surface area contributed by atoms with Crippen LogP contribution in [0.4, 0.5) is 35.1 Å². The van der Waals surface area contributed by atoms with Crippen molar-refractivity contribution in [1.82, 2.24) is 24.9 Å². The Kier molecular flexibility index (Phi) is 5.85. The minimum atomic E-state index is -4.60. The second kappa shape index (κ2) is 8.33. The quantitative estimate of drug-likeness (QED) is 0.589. The zero-order valence-electron chi connectivity index (χ0n) is 15.5. The van der Waals surface area contributed by atoms with E-state index in [9.17, 15) is 17.6 Å². The fraction of sp³-hybridized carbons (Fsp3) is 0.278. The maximum atomic E-state index is 13.4. The average Bonchev–Trinajstić information content (AvgIpc) is 2.66. The summed E-state index contributed by atoms with van der Waals surface area (Å²) in [5.41, 5.74) is -0.861. The summed E-state index contributed by atoms with van der Waals surface area (Å²) in [6, 6.07) is 4.63. The fourth-order valence-electron chi connectivity index (χ4n) is 2.25. The maximum absolute atomic E-state index is 13.4. The van der Waals surface area contributed by atoms with Gasteiger partial charge in [-0.25, -0.2) is 9.37 Å². The Bertz CT molecular complexity index is 992. The Morgan fingerprint density at radius 1 is 1.00 bits per heavy atom. The molecule has 0 aliphatic rings. The molecule has 2 N–H and O–H groups in total. The summed E-state index contributed by atoms with van der Waals surface area (Å²) in [5, 5.41) is 5.77. The molecular weight excluding hydrogens is 390 g/mol. The molecule has 0 radical (unpaired) electrons. The zero-order valence-corrected chi connectivity index (χ0v) is 15.5. The molecule has 7 nitrogen and oxygen atoms in total. The number of pyridine rings is 2. The molecule has 0 saturated carbocycles. The van der Waals surface area contributed by atoms with Gasteiger partial charge in [-0.15, -0.1) is 0 Å². The van der Waals surface area contributed by atoms with Crippen LogP contribution >= 0.6 is 0 Å². The highest BCUT2D eigenvalue weighted by Gasteiger charge is 2.32. The summed E-state index contributed by atoms with van der Waals surface area (Å²) in [6.45, 7) is 4.47. The van der Waals surface area contributed by atoms with E-state index in [1.165, 1.54) is 24.4 Å². The number of halogens is 4. The van der Waals surface area contributed by atoms with Gasteiger partial charge < -0.3 is 10.6 Å². The third-order valence-corrected chi connectivity index (χ3v) is 3.53. The molecule has 0 spiro atoms. The summed E-state index contributed by atoms with van der Waals surface area (Å²) < 4.78 is 52.4. The van der Waals surface area contributed by atoms with Gasteiger partial charge in [-0.05, 0) is 18.1 Å². The number of aromatic nitrogens is 5. The van der Waals surface area contributed by atoms with Crippen LogP contribution < -0.4 is 10.6 Å². The average molecular weight is 407 g/mol. The van der Waals surface area contributed by atoms with Gasteiger partial charge in [0.2, 0.25) is 11.9 Å². The predicted octanol–water partition coefficient (Wildman–Crippen LogP) is 4.30. The van der Waals surface area contributed by atoms with Gasteiger partial charge >= 0.3 is 6.18 Å². The largest absolute Gasteiger partial charge is 0.433 e. The van der Waals surface area contributed by atoms with E-state index in [1.54, 1.807) is 0 Å². The van der Waals surface area contributed by atoms with Crippen LogP contribution in [0.15, 0.2) is 36.7 Å². The Labute approximate surface area is 163 Å². The predicted molar refractivity (Wildman–Crippen MR) is 98.9 cm³/mol. The van der Waals surface area contributed by atoms with Crippen molar-refractivity contribution in [2.24, 2.45) is 5.92 Å². The normalized spacial score (nSPS) is 11.6. The van der Waals surface area contributed by atoms with Crippen LogP contribution in [-0.2, 0) is 6.18 Å². The van der Waals surface area contributed by atoms with Crippen LogP contribution in [0, 0.1) is 11.7 Å². The molecular formula is C18H17F4N7. The van der Waals surface area contributed by atoms with E-state index in [1.807, 2.05) is 13.8 Å². The van der Waals surface area contributed by atoms with Gasteiger partial charge in [0.15, 0.2) is 5.82 Å². The van der Waals surface area contributed by atoms with Crippen molar-refractivity contribution in [3.63, 3.8) is 0 Å². The molecule has 0 aliphatic carbocycles. The standard InChI is InChI=1S/C18H17F4N7/c1-10(2)7-24-16-27-15(13-4-3-5-14(26-13)18(20,21)22)28-17(29-16)25-12-6-11(19)8-23-9-12/h3-6,8-10H,7H2,1-2H3,(H2,24,25,27,28,29). The lowest BCUT2D eigenvalue weighted by Crippen LogP contribution is -2.13.